The Morgan fingerprint density at radius 2 is 2.13 bits per heavy atom. The number of hydrogen-bond acceptors (Lipinski definition) is 2. The molecule has 1 N–H and O–H groups in total. The van der Waals surface area contributed by atoms with Gasteiger partial charge in [0, 0.05) is 13.1 Å². The minimum atomic E-state index is 0.393. The van der Waals surface area contributed by atoms with Crippen LogP contribution < -0.4 is 5.32 Å². The molecule has 1 heterocycles. The van der Waals surface area contributed by atoms with E-state index in [9.17, 15) is 0 Å². The van der Waals surface area contributed by atoms with E-state index < -0.39 is 0 Å². The molecule has 0 aliphatic heterocycles. The van der Waals surface area contributed by atoms with E-state index in [2.05, 4.69) is 24.1 Å². The average molecular weight is 224 g/mol. The lowest BCUT2D eigenvalue weighted by molar-refractivity contribution is 0.894. The van der Waals surface area contributed by atoms with Crippen LogP contribution in [-0.2, 0) is 7.05 Å². The molecule has 3 nitrogen and oxygen atoms in total. The van der Waals surface area contributed by atoms with Crippen LogP contribution in [0.15, 0.2) is 18.2 Å². The van der Waals surface area contributed by atoms with Crippen LogP contribution in [0.1, 0.15) is 13.8 Å². The van der Waals surface area contributed by atoms with Gasteiger partial charge in [-0.3, -0.25) is 0 Å². The maximum Gasteiger partial charge on any atom is 0.203 e. The van der Waals surface area contributed by atoms with Crippen LogP contribution in [0.4, 0.5) is 5.69 Å². The summed E-state index contributed by atoms with van der Waals surface area (Å²) in [5, 5.41) is 3.90. The SMILES string of the molecule is CC(C)Nc1cccc2nc(Cl)n(C)c12. The zero-order valence-corrected chi connectivity index (χ0v) is 9.84. The number of nitrogens with one attached hydrogen (secondary N) is 1. The molecular formula is C11H14ClN3. The van der Waals surface area contributed by atoms with Gasteiger partial charge in [-0.2, -0.15) is 0 Å². The van der Waals surface area contributed by atoms with Crippen molar-refractivity contribution in [3.05, 3.63) is 23.5 Å². The lowest BCUT2D eigenvalue weighted by Crippen LogP contribution is -2.10. The predicted octanol–water partition coefficient (Wildman–Crippen LogP) is 3.05. The van der Waals surface area contributed by atoms with Crippen LogP contribution in [0, 0.1) is 0 Å². The first-order valence-electron chi connectivity index (χ1n) is 4.97. The third-order valence-electron chi connectivity index (χ3n) is 2.28. The molecule has 1 aromatic carbocycles. The summed E-state index contributed by atoms with van der Waals surface area (Å²) in [5.74, 6) is 0. The third kappa shape index (κ3) is 1.79. The highest BCUT2D eigenvalue weighted by Crippen LogP contribution is 2.26. The lowest BCUT2D eigenvalue weighted by Gasteiger charge is -2.11. The molecule has 0 amide bonds. The van der Waals surface area contributed by atoms with E-state index in [0.29, 0.717) is 11.3 Å². The number of halogens is 1. The van der Waals surface area contributed by atoms with E-state index >= 15 is 0 Å². The maximum absolute atomic E-state index is 5.98. The van der Waals surface area contributed by atoms with Crippen LogP contribution in [0.2, 0.25) is 5.28 Å². The minimum Gasteiger partial charge on any atom is -0.381 e. The van der Waals surface area contributed by atoms with Gasteiger partial charge in [0.2, 0.25) is 5.28 Å². The molecule has 0 aliphatic rings. The summed E-state index contributed by atoms with van der Waals surface area (Å²) in [6, 6.07) is 6.38. The van der Waals surface area contributed by atoms with Crippen LogP contribution >= 0.6 is 11.6 Å². The second-order valence-electron chi connectivity index (χ2n) is 3.91. The number of aryl methyl sites for hydroxylation is 1. The van der Waals surface area contributed by atoms with Crippen molar-refractivity contribution in [2.24, 2.45) is 7.05 Å². The van der Waals surface area contributed by atoms with Crippen molar-refractivity contribution >= 4 is 28.3 Å². The predicted molar refractivity (Wildman–Crippen MR) is 64.5 cm³/mol. The van der Waals surface area contributed by atoms with Gasteiger partial charge in [-0.15, -0.1) is 0 Å². The normalized spacial score (nSPS) is 11.3. The van der Waals surface area contributed by atoms with E-state index in [-0.39, 0.29) is 0 Å². The number of hydrogen-bond donors (Lipinski definition) is 1. The van der Waals surface area contributed by atoms with Gasteiger partial charge in [-0.05, 0) is 37.6 Å². The topological polar surface area (TPSA) is 29.9 Å². The van der Waals surface area contributed by atoms with Crippen molar-refractivity contribution in [2.45, 2.75) is 19.9 Å². The molecule has 15 heavy (non-hydrogen) atoms. The van der Waals surface area contributed by atoms with Crippen molar-refractivity contribution in [2.75, 3.05) is 5.32 Å². The molecule has 0 saturated carbocycles. The highest BCUT2D eigenvalue weighted by atomic mass is 35.5. The minimum absolute atomic E-state index is 0.393. The second-order valence-corrected chi connectivity index (χ2v) is 4.25. The monoisotopic (exact) mass is 223 g/mol. The number of rotatable bonds is 2. The van der Waals surface area contributed by atoms with Crippen molar-refractivity contribution in [1.29, 1.82) is 0 Å². The quantitative estimate of drug-likeness (QED) is 0.848. The van der Waals surface area contributed by atoms with Gasteiger partial charge in [0.25, 0.3) is 0 Å². The van der Waals surface area contributed by atoms with Gasteiger partial charge < -0.3 is 9.88 Å². The lowest BCUT2D eigenvalue weighted by atomic mass is 10.2. The third-order valence-corrected chi connectivity index (χ3v) is 2.62. The van der Waals surface area contributed by atoms with Crippen LogP contribution in [0.3, 0.4) is 0 Å². The summed E-state index contributed by atoms with van der Waals surface area (Å²) in [7, 11) is 1.92. The highest BCUT2D eigenvalue weighted by molar-refractivity contribution is 6.29. The summed E-state index contributed by atoms with van der Waals surface area (Å²) < 4.78 is 1.89. The van der Waals surface area contributed by atoms with Gasteiger partial charge in [0.1, 0.15) is 0 Å². The van der Waals surface area contributed by atoms with Gasteiger partial charge in [-0.1, -0.05) is 6.07 Å². The number of fused-ring (bicyclic) bond motifs is 1. The zero-order chi connectivity index (χ0) is 11.0. The molecule has 2 aromatic rings. The van der Waals surface area contributed by atoms with Gasteiger partial charge in [0.05, 0.1) is 16.7 Å². The number of nitrogens with zero attached hydrogens (tertiary/aromatic N) is 2. The van der Waals surface area contributed by atoms with Gasteiger partial charge >= 0.3 is 0 Å². The Balaban J connectivity index is 2.63. The maximum atomic E-state index is 5.98. The molecule has 2 rings (SSSR count). The van der Waals surface area contributed by atoms with Crippen LogP contribution in [0.5, 0.6) is 0 Å². The Morgan fingerprint density at radius 1 is 1.40 bits per heavy atom. The number of para-hydroxylation sites is 1. The molecule has 1 aromatic heterocycles. The van der Waals surface area contributed by atoms with Crippen molar-refractivity contribution in [3.8, 4) is 0 Å². The first-order chi connectivity index (χ1) is 7.09. The van der Waals surface area contributed by atoms with E-state index in [1.807, 2.05) is 29.8 Å². The highest BCUT2D eigenvalue weighted by Gasteiger charge is 2.09. The first-order valence-corrected chi connectivity index (χ1v) is 5.35. The van der Waals surface area contributed by atoms with E-state index in [0.717, 1.165) is 16.7 Å². The Hall–Kier alpha value is -1.22. The van der Waals surface area contributed by atoms with Crippen molar-refractivity contribution in [3.63, 3.8) is 0 Å². The molecule has 0 radical (unpaired) electrons. The Kier molecular flexibility index (Phi) is 2.57. The summed E-state index contributed by atoms with van der Waals surface area (Å²) in [5.41, 5.74) is 3.05. The fourth-order valence-corrected chi connectivity index (χ4v) is 1.84. The average Bonchev–Trinajstić information content (AvgIpc) is 2.43. The largest absolute Gasteiger partial charge is 0.381 e. The van der Waals surface area contributed by atoms with Crippen LogP contribution in [0.25, 0.3) is 11.0 Å². The van der Waals surface area contributed by atoms with E-state index in [4.69, 9.17) is 11.6 Å². The molecule has 0 unspecified atom stereocenters. The molecule has 0 aliphatic carbocycles. The molecule has 0 bridgehead atoms. The smallest absolute Gasteiger partial charge is 0.203 e. The van der Waals surface area contributed by atoms with E-state index in [1.165, 1.54) is 0 Å². The summed E-state index contributed by atoms with van der Waals surface area (Å²) >= 11 is 5.98. The van der Waals surface area contributed by atoms with Gasteiger partial charge in [0.15, 0.2) is 0 Å². The number of benzene rings is 1. The molecule has 0 saturated heterocycles. The summed E-state index contributed by atoms with van der Waals surface area (Å²) in [6.07, 6.45) is 0. The Labute approximate surface area is 94.1 Å². The number of anilines is 1. The standard InChI is InChI=1S/C11H14ClN3/c1-7(2)13-8-5-4-6-9-10(8)15(3)11(12)14-9/h4-7,13H,1-3H3. The Bertz CT molecular complexity index is 488. The summed E-state index contributed by atoms with van der Waals surface area (Å²) in [4.78, 5) is 4.27. The molecule has 0 spiro atoms. The van der Waals surface area contributed by atoms with Gasteiger partial charge in [-0.25, -0.2) is 4.98 Å². The summed E-state index contributed by atoms with van der Waals surface area (Å²) in [6.45, 7) is 4.22. The van der Waals surface area contributed by atoms with Crippen LogP contribution in [-0.4, -0.2) is 15.6 Å². The van der Waals surface area contributed by atoms with Crippen molar-refractivity contribution < 1.29 is 0 Å². The number of imidazole rings is 1. The molecular weight excluding hydrogens is 210 g/mol. The molecule has 4 heteroatoms. The van der Waals surface area contributed by atoms with Crippen molar-refractivity contribution in [1.82, 2.24) is 9.55 Å². The first kappa shape index (κ1) is 10.3. The molecule has 0 atom stereocenters. The zero-order valence-electron chi connectivity index (χ0n) is 9.08. The number of aromatic nitrogens is 2. The fraction of sp³-hybridized carbons (Fsp3) is 0.364. The second kappa shape index (κ2) is 3.74. The molecule has 80 valence electrons. The Morgan fingerprint density at radius 3 is 2.80 bits per heavy atom. The fourth-order valence-electron chi connectivity index (χ4n) is 1.67. The van der Waals surface area contributed by atoms with E-state index in [1.54, 1.807) is 0 Å². The molecule has 0 fully saturated rings.